The molecule has 4 rings (SSSR count). The summed E-state index contributed by atoms with van der Waals surface area (Å²) in [4.78, 5) is 23.1. The fourth-order valence-corrected chi connectivity index (χ4v) is 4.71. The first-order valence-corrected chi connectivity index (χ1v) is 6.68. The number of fused-ring (bicyclic) bond motifs is 2. The molecule has 8 atom stereocenters. The van der Waals surface area contributed by atoms with Crippen LogP contribution in [0, 0.1) is 29.6 Å². The fraction of sp³-hybridized carbons (Fsp3) is 0.846. The highest BCUT2D eigenvalue weighted by Crippen LogP contribution is 2.66. The molecular formula is C13H16O6. The second kappa shape index (κ2) is 3.70. The molecule has 4 fully saturated rings. The van der Waals surface area contributed by atoms with Gasteiger partial charge in [-0.2, -0.15) is 0 Å². The molecule has 2 aliphatic carbocycles. The van der Waals surface area contributed by atoms with Gasteiger partial charge >= 0.3 is 11.9 Å². The van der Waals surface area contributed by atoms with E-state index in [2.05, 4.69) is 0 Å². The molecule has 2 heterocycles. The largest absolute Gasteiger partial charge is 0.469 e. The van der Waals surface area contributed by atoms with Crippen LogP contribution >= 0.6 is 0 Å². The Labute approximate surface area is 110 Å². The maximum Gasteiger partial charge on any atom is 0.311 e. The Bertz CT molecular complexity index is 448. The molecule has 0 aromatic heterocycles. The lowest BCUT2D eigenvalue weighted by Gasteiger charge is -2.32. The molecule has 2 bridgehead atoms. The molecule has 1 unspecified atom stereocenters. The lowest BCUT2D eigenvalue weighted by Crippen LogP contribution is -2.42. The number of ether oxygens (including phenoxy) is 4. The van der Waals surface area contributed by atoms with Crippen molar-refractivity contribution in [3.63, 3.8) is 0 Å². The van der Waals surface area contributed by atoms with Gasteiger partial charge in [-0.15, -0.1) is 0 Å². The summed E-state index contributed by atoms with van der Waals surface area (Å²) < 4.78 is 21.7. The fourth-order valence-electron chi connectivity index (χ4n) is 4.71. The van der Waals surface area contributed by atoms with E-state index in [1.165, 1.54) is 14.0 Å². The molecule has 0 aromatic rings. The second-order valence-electron chi connectivity index (χ2n) is 5.85. The summed E-state index contributed by atoms with van der Waals surface area (Å²) >= 11 is 0. The number of hydrogen-bond donors (Lipinski definition) is 0. The quantitative estimate of drug-likeness (QED) is 0.671. The predicted molar refractivity (Wildman–Crippen MR) is 59.4 cm³/mol. The van der Waals surface area contributed by atoms with Gasteiger partial charge in [-0.1, -0.05) is 0 Å². The second-order valence-corrected chi connectivity index (χ2v) is 5.85. The third-order valence-electron chi connectivity index (χ3n) is 5.16. The van der Waals surface area contributed by atoms with Crippen molar-refractivity contribution < 1.29 is 28.5 Å². The highest BCUT2D eigenvalue weighted by Gasteiger charge is 2.73. The van der Waals surface area contributed by atoms with E-state index in [1.54, 1.807) is 0 Å². The van der Waals surface area contributed by atoms with Gasteiger partial charge in [0.2, 0.25) is 6.29 Å². The molecule has 0 N–H and O–H groups in total. The first kappa shape index (κ1) is 11.7. The monoisotopic (exact) mass is 268 g/mol. The van der Waals surface area contributed by atoms with Crippen LogP contribution in [0.1, 0.15) is 13.3 Å². The van der Waals surface area contributed by atoms with E-state index in [-0.39, 0.29) is 48.0 Å². The van der Waals surface area contributed by atoms with Gasteiger partial charge in [0.05, 0.1) is 19.1 Å². The third kappa shape index (κ3) is 1.33. The Kier molecular flexibility index (Phi) is 2.27. The summed E-state index contributed by atoms with van der Waals surface area (Å²) in [7, 11) is 1.40. The molecule has 0 radical (unpaired) electrons. The lowest BCUT2D eigenvalue weighted by atomic mass is 9.75. The summed E-state index contributed by atoms with van der Waals surface area (Å²) in [5.41, 5.74) is 0. The van der Waals surface area contributed by atoms with Gasteiger partial charge in [-0.3, -0.25) is 9.59 Å². The zero-order chi connectivity index (χ0) is 13.3. The van der Waals surface area contributed by atoms with Gasteiger partial charge in [-0.05, 0) is 18.3 Å². The van der Waals surface area contributed by atoms with Crippen LogP contribution in [0.25, 0.3) is 0 Å². The molecule has 6 heteroatoms. The van der Waals surface area contributed by atoms with Gasteiger partial charge in [0.15, 0.2) is 6.29 Å². The zero-order valence-electron chi connectivity index (χ0n) is 10.8. The Morgan fingerprint density at radius 2 is 1.95 bits per heavy atom. The molecule has 6 nitrogen and oxygen atoms in total. The smallest absolute Gasteiger partial charge is 0.311 e. The number of methoxy groups -OCH3 is 1. The summed E-state index contributed by atoms with van der Waals surface area (Å²) in [5, 5.41) is 0. The van der Waals surface area contributed by atoms with Gasteiger partial charge in [0.1, 0.15) is 0 Å². The molecule has 0 aromatic carbocycles. The van der Waals surface area contributed by atoms with Crippen molar-refractivity contribution in [3.05, 3.63) is 0 Å². The van der Waals surface area contributed by atoms with Crippen LogP contribution in [0.2, 0.25) is 0 Å². The molecule has 0 amide bonds. The van der Waals surface area contributed by atoms with Crippen molar-refractivity contribution >= 4 is 11.9 Å². The maximum absolute atomic E-state index is 11.9. The van der Waals surface area contributed by atoms with E-state index in [4.69, 9.17) is 18.9 Å². The standard InChI is InChI=1S/C13H16O6/c1-4(14)17-12-7-5-3-6-8(7)13(19-12)18-10(6)9(5)11(15)16-2/h5-10,12-13H,3H2,1-2H3/t5-,6+,7-,8+,9-,10?,12-,13-/m0/s1. The number of rotatable bonds is 2. The molecule has 19 heavy (non-hydrogen) atoms. The lowest BCUT2D eigenvalue weighted by molar-refractivity contribution is -0.231. The minimum Gasteiger partial charge on any atom is -0.469 e. The van der Waals surface area contributed by atoms with Crippen LogP contribution in [-0.2, 0) is 28.5 Å². The summed E-state index contributed by atoms with van der Waals surface area (Å²) in [6.07, 6.45) is -0.0425. The number of carbonyl (C=O) groups is 2. The zero-order valence-corrected chi connectivity index (χ0v) is 10.8. The van der Waals surface area contributed by atoms with Gasteiger partial charge in [0.25, 0.3) is 0 Å². The normalized spacial score (nSPS) is 52.5. The molecule has 2 saturated heterocycles. The van der Waals surface area contributed by atoms with Gasteiger partial charge < -0.3 is 18.9 Å². The highest BCUT2D eigenvalue weighted by molar-refractivity contribution is 5.74. The SMILES string of the molecule is COC(=O)[C@@H]1C2O[C@H]3O[C@H](OC(C)=O)[C@H]4[C@@H]1C[C@@H]2[C@@H]34. The maximum atomic E-state index is 11.9. The van der Waals surface area contributed by atoms with Crippen molar-refractivity contribution in [1.82, 2.24) is 0 Å². The van der Waals surface area contributed by atoms with Crippen molar-refractivity contribution in [2.75, 3.05) is 7.11 Å². The predicted octanol–water partition coefficient (Wildman–Crippen LogP) is 0.302. The summed E-state index contributed by atoms with van der Waals surface area (Å²) in [6.45, 7) is 1.37. The molecule has 2 aliphatic heterocycles. The van der Waals surface area contributed by atoms with E-state index in [0.717, 1.165) is 6.42 Å². The molecule has 2 saturated carbocycles. The van der Waals surface area contributed by atoms with Crippen molar-refractivity contribution in [2.24, 2.45) is 29.6 Å². The van der Waals surface area contributed by atoms with Crippen LogP contribution in [-0.4, -0.2) is 37.7 Å². The van der Waals surface area contributed by atoms with Crippen molar-refractivity contribution in [3.8, 4) is 0 Å². The highest BCUT2D eigenvalue weighted by atomic mass is 16.8. The van der Waals surface area contributed by atoms with E-state index in [0.29, 0.717) is 5.92 Å². The molecule has 0 spiro atoms. The minimum absolute atomic E-state index is 0.0711. The summed E-state index contributed by atoms with van der Waals surface area (Å²) in [5.74, 6) is 0.00293. The first-order chi connectivity index (χ1) is 9.11. The average Bonchev–Trinajstić information content (AvgIpc) is 3.00. The Balaban J connectivity index is 1.65. The van der Waals surface area contributed by atoms with Gasteiger partial charge in [-0.25, -0.2) is 0 Å². The van der Waals surface area contributed by atoms with E-state index in [9.17, 15) is 9.59 Å². The molecule has 104 valence electrons. The molecular weight excluding hydrogens is 252 g/mol. The minimum atomic E-state index is -0.573. The van der Waals surface area contributed by atoms with Crippen molar-refractivity contribution in [1.29, 1.82) is 0 Å². The summed E-state index contributed by atoms with van der Waals surface area (Å²) in [6, 6.07) is 0. The Morgan fingerprint density at radius 1 is 1.16 bits per heavy atom. The van der Waals surface area contributed by atoms with Gasteiger partial charge in [0, 0.05) is 18.8 Å². The average molecular weight is 268 g/mol. The topological polar surface area (TPSA) is 71.1 Å². The number of carbonyl (C=O) groups excluding carboxylic acids is 2. The first-order valence-electron chi connectivity index (χ1n) is 6.68. The van der Waals surface area contributed by atoms with E-state index < -0.39 is 6.29 Å². The van der Waals surface area contributed by atoms with E-state index >= 15 is 0 Å². The van der Waals surface area contributed by atoms with Crippen LogP contribution in [0.3, 0.4) is 0 Å². The van der Waals surface area contributed by atoms with Crippen molar-refractivity contribution in [2.45, 2.75) is 32.0 Å². The number of esters is 2. The third-order valence-corrected chi connectivity index (χ3v) is 5.16. The molecule has 4 aliphatic rings. The Hall–Kier alpha value is -1.14. The Morgan fingerprint density at radius 3 is 2.63 bits per heavy atom. The van der Waals surface area contributed by atoms with Crippen LogP contribution < -0.4 is 0 Å². The van der Waals surface area contributed by atoms with Crippen LogP contribution in [0.15, 0.2) is 0 Å². The van der Waals surface area contributed by atoms with Crippen LogP contribution in [0.4, 0.5) is 0 Å². The van der Waals surface area contributed by atoms with Crippen LogP contribution in [0.5, 0.6) is 0 Å². The number of hydrogen-bond acceptors (Lipinski definition) is 6. The van der Waals surface area contributed by atoms with E-state index in [1.807, 2.05) is 0 Å².